The lowest BCUT2D eigenvalue weighted by atomic mass is 10.1. The van der Waals surface area contributed by atoms with Gasteiger partial charge in [-0.2, -0.15) is 0 Å². The van der Waals surface area contributed by atoms with Gasteiger partial charge in [0.1, 0.15) is 6.54 Å². The van der Waals surface area contributed by atoms with Gasteiger partial charge in [-0.15, -0.1) is 0 Å². The molecule has 0 aliphatic heterocycles. The maximum Gasteiger partial charge on any atom is 0.253 e. The largest absolute Gasteiger partial charge is 0.383 e. The fraction of sp³-hybridized carbons (Fsp3) is 0.611. The Bertz CT molecular complexity index is 683. The van der Waals surface area contributed by atoms with E-state index in [-0.39, 0.29) is 30.0 Å². The first-order chi connectivity index (χ1) is 12.3. The van der Waals surface area contributed by atoms with Gasteiger partial charge in [0.15, 0.2) is 0 Å². The lowest BCUT2D eigenvalue weighted by Gasteiger charge is -2.17. The molecule has 3 N–H and O–H groups in total. The number of aromatic nitrogens is 1. The van der Waals surface area contributed by atoms with E-state index in [2.05, 4.69) is 16.0 Å². The average molecular weight is 366 g/mol. The lowest BCUT2D eigenvalue weighted by Crippen LogP contribution is -2.38. The molecule has 2 amide bonds. The van der Waals surface area contributed by atoms with E-state index >= 15 is 0 Å². The second-order valence-corrected chi connectivity index (χ2v) is 6.43. The highest BCUT2D eigenvalue weighted by Gasteiger charge is 2.18. The number of nitrogens with one attached hydrogen (secondary N) is 3. The number of hydrogen-bond acceptors (Lipinski definition) is 5. The van der Waals surface area contributed by atoms with E-state index in [1.54, 1.807) is 21.0 Å². The number of rotatable bonds is 10. The molecule has 1 heterocycles. The number of aryl methyl sites for hydroxylation is 1. The maximum absolute atomic E-state index is 12.5. The third-order valence-electron chi connectivity index (χ3n) is 3.82. The fourth-order valence-corrected chi connectivity index (χ4v) is 2.62. The molecule has 26 heavy (non-hydrogen) atoms. The van der Waals surface area contributed by atoms with Crippen LogP contribution in [-0.2, 0) is 16.1 Å². The van der Waals surface area contributed by atoms with Crippen molar-refractivity contribution >= 4 is 11.8 Å². The molecule has 0 fully saturated rings. The Kier molecular flexibility index (Phi) is 9.01. The summed E-state index contributed by atoms with van der Waals surface area (Å²) < 4.78 is 6.27. The van der Waals surface area contributed by atoms with Crippen LogP contribution in [-0.4, -0.2) is 55.8 Å². The molecule has 8 nitrogen and oxygen atoms in total. The van der Waals surface area contributed by atoms with Crippen LogP contribution < -0.4 is 21.5 Å². The average Bonchev–Trinajstić information content (AvgIpc) is 2.54. The van der Waals surface area contributed by atoms with Crippen molar-refractivity contribution in [1.82, 2.24) is 20.5 Å². The number of ether oxygens (including phenoxy) is 1. The van der Waals surface area contributed by atoms with Crippen molar-refractivity contribution in [2.24, 2.45) is 0 Å². The molecule has 0 atom stereocenters. The van der Waals surface area contributed by atoms with Crippen molar-refractivity contribution in [3.05, 3.63) is 33.2 Å². The second-order valence-electron chi connectivity index (χ2n) is 6.43. The predicted molar refractivity (Wildman–Crippen MR) is 101 cm³/mol. The molecule has 0 unspecified atom stereocenters. The molecule has 0 bridgehead atoms. The first-order valence-electron chi connectivity index (χ1n) is 8.76. The minimum Gasteiger partial charge on any atom is -0.383 e. The zero-order valence-corrected chi connectivity index (χ0v) is 16.3. The van der Waals surface area contributed by atoms with Gasteiger partial charge in [-0.05, 0) is 33.3 Å². The van der Waals surface area contributed by atoms with Crippen molar-refractivity contribution in [2.75, 3.05) is 33.4 Å². The maximum atomic E-state index is 12.5. The molecule has 0 radical (unpaired) electrons. The van der Waals surface area contributed by atoms with E-state index in [0.29, 0.717) is 43.1 Å². The normalized spacial score (nSPS) is 10.8. The zero-order valence-electron chi connectivity index (χ0n) is 16.3. The van der Waals surface area contributed by atoms with Crippen molar-refractivity contribution in [3.63, 3.8) is 0 Å². The van der Waals surface area contributed by atoms with Gasteiger partial charge in [-0.25, -0.2) is 0 Å². The molecule has 0 aliphatic rings. The smallest absolute Gasteiger partial charge is 0.253 e. The predicted octanol–water partition coefficient (Wildman–Crippen LogP) is -0.0445. The summed E-state index contributed by atoms with van der Waals surface area (Å²) in [6, 6.07) is 1.37. The summed E-state index contributed by atoms with van der Waals surface area (Å²) in [6.07, 6.45) is 0. The number of hydrogen-bond donors (Lipinski definition) is 3. The molecule has 1 rings (SSSR count). The highest BCUT2D eigenvalue weighted by Crippen LogP contribution is 2.11. The lowest BCUT2D eigenvalue weighted by molar-refractivity contribution is -0.122. The summed E-state index contributed by atoms with van der Waals surface area (Å²) in [7, 11) is 1.63. The molecule has 0 aromatic carbocycles. The Hall–Kier alpha value is -2.19. The van der Waals surface area contributed by atoms with Crippen molar-refractivity contribution < 1.29 is 14.3 Å². The highest BCUT2D eigenvalue weighted by atomic mass is 16.5. The van der Waals surface area contributed by atoms with Crippen molar-refractivity contribution in [2.45, 2.75) is 40.3 Å². The first kappa shape index (κ1) is 21.9. The molecule has 1 aromatic rings. The minimum absolute atomic E-state index is 0.0164. The van der Waals surface area contributed by atoms with Crippen molar-refractivity contribution in [1.29, 1.82) is 0 Å². The van der Waals surface area contributed by atoms with Crippen LogP contribution in [0.25, 0.3) is 0 Å². The van der Waals surface area contributed by atoms with Crippen LogP contribution in [0.3, 0.4) is 0 Å². The Morgan fingerprint density at radius 3 is 2.50 bits per heavy atom. The quantitative estimate of drug-likeness (QED) is 0.504. The van der Waals surface area contributed by atoms with E-state index in [1.807, 2.05) is 13.8 Å². The fourth-order valence-electron chi connectivity index (χ4n) is 2.62. The topological polar surface area (TPSA) is 101 Å². The summed E-state index contributed by atoms with van der Waals surface area (Å²) in [5, 5.41) is 8.72. The van der Waals surface area contributed by atoms with Gasteiger partial charge in [-0.3, -0.25) is 14.4 Å². The van der Waals surface area contributed by atoms with E-state index in [1.165, 1.54) is 10.6 Å². The Labute approximate surface area is 154 Å². The zero-order chi connectivity index (χ0) is 19.7. The van der Waals surface area contributed by atoms with Gasteiger partial charge in [-0.1, -0.05) is 0 Å². The van der Waals surface area contributed by atoms with Gasteiger partial charge in [0.05, 0.1) is 12.2 Å². The monoisotopic (exact) mass is 366 g/mol. The van der Waals surface area contributed by atoms with E-state index in [4.69, 9.17) is 4.74 Å². The molecular formula is C18H30N4O4. The Morgan fingerprint density at radius 1 is 1.19 bits per heavy atom. The minimum atomic E-state index is -0.295. The molecule has 146 valence electrons. The van der Waals surface area contributed by atoms with Gasteiger partial charge >= 0.3 is 0 Å². The van der Waals surface area contributed by atoms with Gasteiger partial charge in [0.2, 0.25) is 5.91 Å². The van der Waals surface area contributed by atoms with Gasteiger partial charge < -0.3 is 25.3 Å². The van der Waals surface area contributed by atoms with Crippen molar-refractivity contribution in [3.8, 4) is 0 Å². The molecule has 1 aromatic heterocycles. The van der Waals surface area contributed by atoms with Crippen LogP contribution in [0, 0.1) is 13.8 Å². The number of nitrogens with zero attached hydrogens (tertiary/aromatic N) is 1. The number of amides is 2. The summed E-state index contributed by atoms with van der Waals surface area (Å²) in [4.78, 5) is 36.8. The van der Waals surface area contributed by atoms with Crippen LogP contribution in [0.2, 0.25) is 0 Å². The number of carbonyl (C=O) groups is 2. The Morgan fingerprint density at radius 2 is 1.88 bits per heavy atom. The highest BCUT2D eigenvalue weighted by molar-refractivity contribution is 5.96. The van der Waals surface area contributed by atoms with E-state index in [0.717, 1.165) is 0 Å². The van der Waals surface area contributed by atoms with Crippen LogP contribution in [0.1, 0.15) is 35.5 Å². The SMILES string of the molecule is COCCNCCNC(=O)c1c(C)cc(=O)n(CC(=O)NC(C)C)c1C. The standard InChI is InChI=1S/C18H30N4O4/c1-12(2)21-15(23)11-22-14(4)17(13(3)10-16(22)24)18(25)20-7-6-19-8-9-26-5/h10,12,19H,6-9,11H2,1-5H3,(H,20,25)(H,21,23). The van der Waals surface area contributed by atoms with Crippen LogP contribution >= 0.6 is 0 Å². The van der Waals surface area contributed by atoms with Crippen LogP contribution in [0.5, 0.6) is 0 Å². The number of methoxy groups -OCH3 is 1. The van der Waals surface area contributed by atoms with E-state index in [9.17, 15) is 14.4 Å². The first-order valence-corrected chi connectivity index (χ1v) is 8.76. The number of carbonyl (C=O) groups excluding carboxylic acids is 2. The van der Waals surface area contributed by atoms with Gasteiger partial charge in [0, 0.05) is 44.5 Å². The third kappa shape index (κ3) is 6.61. The molecule has 0 saturated heterocycles. The molecule has 0 saturated carbocycles. The second kappa shape index (κ2) is 10.7. The molecule has 0 spiro atoms. The summed E-state index contributed by atoms with van der Waals surface area (Å²) in [6.45, 7) is 9.38. The Balaban J connectivity index is 2.84. The van der Waals surface area contributed by atoms with E-state index < -0.39 is 0 Å². The van der Waals surface area contributed by atoms with Gasteiger partial charge in [0.25, 0.3) is 11.5 Å². The number of pyridine rings is 1. The van der Waals surface area contributed by atoms with Crippen LogP contribution in [0.4, 0.5) is 0 Å². The summed E-state index contributed by atoms with van der Waals surface area (Å²) in [5.41, 5.74) is 1.21. The summed E-state index contributed by atoms with van der Waals surface area (Å²) in [5.74, 6) is -0.519. The third-order valence-corrected chi connectivity index (χ3v) is 3.82. The van der Waals surface area contributed by atoms with Crippen LogP contribution in [0.15, 0.2) is 10.9 Å². The molecular weight excluding hydrogens is 336 g/mol. The molecule has 0 aliphatic carbocycles. The molecule has 8 heteroatoms. The summed E-state index contributed by atoms with van der Waals surface area (Å²) >= 11 is 0.